The molecule has 2 N–H and O–H groups in total. The SMILES string of the molecule is COc1cc(C)c(C)c(C(N)=O)c1. The molecule has 3 nitrogen and oxygen atoms in total. The zero-order valence-corrected chi connectivity index (χ0v) is 8.05. The van der Waals surface area contributed by atoms with Crippen molar-refractivity contribution in [3.05, 3.63) is 28.8 Å². The standard InChI is InChI=1S/C10H13NO2/c1-6-4-8(13-3)5-9(7(6)2)10(11)12/h4-5H,1-3H3,(H2,11,12). The van der Waals surface area contributed by atoms with Crippen molar-refractivity contribution >= 4 is 5.91 Å². The fraction of sp³-hybridized carbons (Fsp3) is 0.300. The zero-order valence-electron chi connectivity index (χ0n) is 8.05. The first-order chi connectivity index (χ1) is 6.06. The number of rotatable bonds is 2. The number of benzene rings is 1. The molecule has 0 spiro atoms. The Hall–Kier alpha value is -1.51. The largest absolute Gasteiger partial charge is 0.497 e. The molecule has 0 radical (unpaired) electrons. The van der Waals surface area contributed by atoms with Gasteiger partial charge in [-0.05, 0) is 37.1 Å². The molecule has 0 aliphatic carbocycles. The molecule has 1 aromatic rings. The minimum atomic E-state index is -0.417. The van der Waals surface area contributed by atoms with Crippen LogP contribution in [-0.4, -0.2) is 13.0 Å². The lowest BCUT2D eigenvalue weighted by molar-refractivity contribution is 0.0999. The average molecular weight is 179 g/mol. The van der Waals surface area contributed by atoms with Gasteiger partial charge in [0.1, 0.15) is 5.75 Å². The van der Waals surface area contributed by atoms with Crippen LogP contribution in [0.5, 0.6) is 5.75 Å². The number of aryl methyl sites for hydroxylation is 1. The van der Waals surface area contributed by atoms with Gasteiger partial charge < -0.3 is 10.5 Å². The molecule has 0 saturated heterocycles. The second-order valence-corrected chi connectivity index (χ2v) is 2.98. The monoisotopic (exact) mass is 179 g/mol. The molecule has 1 rings (SSSR count). The number of methoxy groups -OCH3 is 1. The molecule has 1 aromatic carbocycles. The summed E-state index contributed by atoms with van der Waals surface area (Å²) in [7, 11) is 1.56. The lowest BCUT2D eigenvalue weighted by Crippen LogP contribution is -2.13. The van der Waals surface area contributed by atoms with E-state index in [4.69, 9.17) is 10.5 Å². The van der Waals surface area contributed by atoms with Gasteiger partial charge in [0.25, 0.3) is 0 Å². The maximum Gasteiger partial charge on any atom is 0.249 e. The van der Waals surface area contributed by atoms with Gasteiger partial charge in [-0.25, -0.2) is 0 Å². The van der Waals surface area contributed by atoms with Crippen LogP contribution in [0.3, 0.4) is 0 Å². The molecule has 0 aromatic heterocycles. The van der Waals surface area contributed by atoms with Crippen molar-refractivity contribution in [2.75, 3.05) is 7.11 Å². The van der Waals surface area contributed by atoms with Crippen LogP contribution in [-0.2, 0) is 0 Å². The van der Waals surface area contributed by atoms with Crippen molar-refractivity contribution in [2.24, 2.45) is 5.73 Å². The van der Waals surface area contributed by atoms with Crippen molar-refractivity contribution in [1.29, 1.82) is 0 Å². The van der Waals surface area contributed by atoms with E-state index < -0.39 is 5.91 Å². The molecular weight excluding hydrogens is 166 g/mol. The Morgan fingerprint density at radius 2 is 2.00 bits per heavy atom. The van der Waals surface area contributed by atoms with E-state index in [2.05, 4.69) is 0 Å². The van der Waals surface area contributed by atoms with Gasteiger partial charge in [0.15, 0.2) is 0 Å². The fourth-order valence-electron chi connectivity index (χ4n) is 1.20. The predicted molar refractivity (Wildman–Crippen MR) is 51.0 cm³/mol. The highest BCUT2D eigenvalue weighted by Crippen LogP contribution is 2.20. The molecule has 0 bridgehead atoms. The number of hydrogen-bond donors (Lipinski definition) is 1. The van der Waals surface area contributed by atoms with Crippen LogP contribution in [0.1, 0.15) is 21.5 Å². The summed E-state index contributed by atoms with van der Waals surface area (Å²) in [5, 5.41) is 0. The number of primary amides is 1. The number of carbonyl (C=O) groups excluding carboxylic acids is 1. The molecule has 70 valence electrons. The van der Waals surface area contributed by atoms with E-state index in [1.165, 1.54) is 0 Å². The summed E-state index contributed by atoms with van der Waals surface area (Å²) in [5.41, 5.74) is 7.66. The highest BCUT2D eigenvalue weighted by Gasteiger charge is 2.08. The lowest BCUT2D eigenvalue weighted by Gasteiger charge is -2.08. The Balaban J connectivity index is 3.33. The van der Waals surface area contributed by atoms with Crippen LogP contribution < -0.4 is 10.5 Å². The summed E-state index contributed by atoms with van der Waals surface area (Å²) in [4.78, 5) is 11.0. The topological polar surface area (TPSA) is 52.3 Å². The first-order valence-corrected chi connectivity index (χ1v) is 4.01. The molecule has 0 heterocycles. The van der Waals surface area contributed by atoms with E-state index in [0.29, 0.717) is 11.3 Å². The van der Waals surface area contributed by atoms with E-state index >= 15 is 0 Å². The lowest BCUT2D eigenvalue weighted by atomic mass is 10.0. The summed E-state index contributed by atoms with van der Waals surface area (Å²) in [6.45, 7) is 3.79. The van der Waals surface area contributed by atoms with Crippen molar-refractivity contribution in [2.45, 2.75) is 13.8 Å². The van der Waals surface area contributed by atoms with Crippen LogP contribution in [0.2, 0.25) is 0 Å². The molecule has 3 heteroatoms. The third-order valence-electron chi connectivity index (χ3n) is 2.14. The summed E-state index contributed by atoms with van der Waals surface area (Å²) >= 11 is 0. The second-order valence-electron chi connectivity index (χ2n) is 2.98. The van der Waals surface area contributed by atoms with Gasteiger partial charge in [-0.15, -0.1) is 0 Å². The van der Waals surface area contributed by atoms with Gasteiger partial charge in [-0.3, -0.25) is 4.79 Å². The third kappa shape index (κ3) is 1.80. The van der Waals surface area contributed by atoms with Crippen LogP contribution in [0.15, 0.2) is 12.1 Å². The summed E-state index contributed by atoms with van der Waals surface area (Å²) < 4.78 is 5.03. The minimum absolute atomic E-state index is 0.417. The van der Waals surface area contributed by atoms with Gasteiger partial charge in [-0.1, -0.05) is 0 Å². The minimum Gasteiger partial charge on any atom is -0.497 e. The first kappa shape index (κ1) is 9.58. The molecule has 0 aliphatic rings. The maximum absolute atomic E-state index is 11.0. The fourth-order valence-corrected chi connectivity index (χ4v) is 1.20. The number of hydrogen-bond acceptors (Lipinski definition) is 2. The number of amides is 1. The van der Waals surface area contributed by atoms with Crippen molar-refractivity contribution < 1.29 is 9.53 Å². The normalized spacial score (nSPS) is 9.77. The van der Waals surface area contributed by atoms with E-state index in [1.54, 1.807) is 13.2 Å². The molecule has 0 aliphatic heterocycles. The van der Waals surface area contributed by atoms with Gasteiger partial charge in [0.2, 0.25) is 5.91 Å². The average Bonchev–Trinajstić information content (AvgIpc) is 2.09. The van der Waals surface area contributed by atoms with Crippen molar-refractivity contribution in [1.82, 2.24) is 0 Å². The van der Waals surface area contributed by atoms with Gasteiger partial charge in [0.05, 0.1) is 7.11 Å². The molecular formula is C10H13NO2. The Labute approximate surface area is 77.5 Å². The zero-order chi connectivity index (χ0) is 10.0. The quantitative estimate of drug-likeness (QED) is 0.746. The first-order valence-electron chi connectivity index (χ1n) is 4.01. The maximum atomic E-state index is 11.0. The van der Waals surface area contributed by atoms with E-state index in [0.717, 1.165) is 11.1 Å². The highest BCUT2D eigenvalue weighted by molar-refractivity contribution is 5.95. The molecule has 13 heavy (non-hydrogen) atoms. The Bertz CT molecular complexity index is 345. The third-order valence-corrected chi connectivity index (χ3v) is 2.14. The van der Waals surface area contributed by atoms with Crippen molar-refractivity contribution in [3.8, 4) is 5.75 Å². The Morgan fingerprint density at radius 1 is 1.38 bits per heavy atom. The molecule has 0 fully saturated rings. The number of carbonyl (C=O) groups is 1. The molecule has 1 amide bonds. The summed E-state index contributed by atoms with van der Waals surface area (Å²) in [5.74, 6) is 0.247. The van der Waals surface area contributed by atoms with Crippen LogP contribution in [0.25, 0.3) is 0 Å². The van der Waals surface area contributed by atoms with Gasteiger partial charge in [0, 0.05) is 5.56 Å². The summed E-state index contributed by atoms with van der Waals surface area (Å²) in [6, 6.07) is 3.53. The summed E-state index contributed by atoms with van der Waals surface area (Å²) in [6.07, 6.45) is 0. The number of ether oxygens (including phenoxy) is 1. The highest BCUT2D eigenvalue weighted by atomic mass is 16.5. The van der Waals surface area contributed by atoms with E-state index in [9.17, 15) is 4.79 Å². The van der Waals surface area contributed by atoms with Crippen LogP contribution in [0.4, 0.5) is 0 Å². The molecule has 0 atom stereocenters. The van der Waals surface area contributed by atoms with Crippen LogP contribution >= 0.6 is 0 Å². The van der Waals surface area contributed by atoms with Gasteiger partial charge in [-0.2, -0.15) is 0 Å². The molecule has 0 unspecified atom stereocenters. The van der Waals surface area contributed by atoms with Crippen LogP contribution in [0, 0.1) is 13.8 Å². The van der Waals surface area contributed by atoms with E-state index in [1.807, 2.05) is 19.9 Å². The Kier molecular flexibility index (Phi) is 2.56. The molecule has 0 saturated carbocycles. The second kappa shape index (κ2) is 3.47. The van der Waals surface area contributed by atoms with Crippen molar-refractivity contribution in [3.63, 3.8) is 0 Å². The predicted octanol–water partition coefficient (Wildman–Crippen LogP) is 1.41. The number of nitrogens with two attached hydrogens (primary N) is 1. The van der Waals surface area contributed by atoms with Gasteiger partial charge >= 0.3 is 0 Å². The Morgan fingerprint density at radius 3 is 2.46 bits per heavy atom. The smallest absolute Gasteiger partial charge is 0.249 e. The van der Waals surface area contributed by atoms with E-state index in [-0.39, 0.29) is 0 Å².